The first-order valence-corrected chi connectivity index (χ1v) is 10.9. The summed E-state index contributed by atoms with van der Waals surface area (Å²) in [7, 11) is -3.86. The van der Waals surface area contributed by atoms with E-state index in [1.807, 2.05) is 13.0 Å². The molecule has 1 N–H and O–H groups in total. The second kappa shape index (κ2) is 8.09. The Morgan fingerprint density at radius 3 is 2.38 bits per heavy atom. The highest BCUT2D eigenvalue weighted by molar-refractivity contribution is 7.92. The van der Waals surface area contributed by atoms with Crippen LogP contribution in [0.5, 0.6) is 0 Å². The highest BCUT2D eigenvalue weighted by atomic mass is 32.2. The molecule has 0 atom stereocenters. The number of aromatic nitrogens is 2. The molecular formula is C23H16N4O4S. The molecule has 32 heavy (non-hydrogen) atoms. The van der Waals surface area contributed by atoms with Crippen molar-refractivity contribution >= 4 is 32.5 Å². The molecule has 0 unspecified atom stereocenters. The molecule has 1 heterocycles. The largest absolute Gasteiger partial charge is 0.280 e. The molecule has 0 fully saturated rings. The van der Waals surface area contributed by atoms with Gasteiger partial charge in [0, 0.05) is 11.3 Å². The number of anilines is 1. The number of hydrogen-bond donors (Lipinski definition) is 1. The first-order valence-electron chi connectivity index (χ1n) is 9.44. The Kier molecular flexibility index (Phi) is 5.30. The first kappa shape index (κ1) is 21.0. The summed E-state index contributed by atoms with van der Waals surface area (Å²) in [5.41, 5.74) is 1.37. The smallest absolute Gasteiger partial charge is 0.268 e. The summed E-state index contributed by atoms with van der Waals surface area (Å²) >= 11 is 0. The van der Waals surface area contributed by atoms with Gasteiger partial charge in [0.25, 0.3) is 21.5 Å². The van der Waals surface area contributed by atoms with E-state index in [9.17, 15) is 18.0 Å². The molecule has 0 aliphatic carbocycles. The second-order valence-corrected chi connectivity index (χ2v) is 8.75. The third-order valence-electron chi connectivity index (χ3n) is 4.82. The molecule has 0 radical (unpaired) electrons. The molecule has 8 nitrogen and oxygen atoms in total. The summed E-state index contributed by atoms with van der Waals surface area (Å²) in [6, 6.07) is 18.5. The quantitative estimate of drug-likeness (QED) is 0.516. The number of nitrogens with zero attached hydrogens (tertiary/aromatic N) is 3. The van der Waals surface area contributed by atoms with Gasteiger partial charge < -0.3 is 0 Å². The minimum atomic E-state index is -3.86. The van der Waals surface area contributed by atoms with Crippen molar-refractivity contribution in [2.24, 2.45) is 0 Å². The van der Waals surface area contributed by atoms with Gasteiger partial charge in [-0.05, 0) is 61.5 Å². The Bertz CT molecular complexity index is 1550. The van der Waals surface area contributed by atoms with Crippen molar-refractivity contribution in [3.8, 4) is 6.07 Å². The van der Waals surface area contributed by atoms with Gasteiger partial charge in [0.2, 0.25) is 0 Å². The number of nitrogens with one attached hydrogen (secondary N) is 1. The molecular weight excluding hydrogens is 428 g/mol. The molecule has 1 aromatic heterocycles. The van der Waals surface area contributed by atoms with E-state index in [1.54, 1.807) is 12.1 Å². The van der Waals surface area contributed by atoms with Crippen molar-refractivity contribution in [2.45, 2.75) is 11.8 Å². The van der Waals surface area contributed by atoms with E-state index in [0.717, 1.165) is 16.5 Å². The lowest BCUT2D eigenvalue weighted by Crippen LogP contribution is -2.27. The zero-order valence-electron chi connectivity index (χ0n) is 16.8. The molecule has 3 aromatic carbocycles. The van der Waals surface area contributed by atoms with E-state index in [4.69, 9.17) is 5.26 Å². The lowest BCUT2D eigenvalue weighted by Gasteiger charge is -2.10. The number of nitriles is 1. The maximum absolute atomic E-state index is 13.0. The predicted molar refractivity (Wildman–Crippen MR) is 119 cm³/mol. The molecule has 0 saturated heterocycles. The van der Waals surface area contributed by atoms with Crippen LogP contribution in [0.4, 0.5) is 5.69 Å². The number of hydrogen-bond acceptors (Lipinski definition) is 6. The zero-order chi connectivity index (χ0) is 22.9. The maximum atomic E-state index is 13.0. The van der Waals surface area contributed by atoms with Crippen LogP contribution in [-0.4, -0.2) is 23.9 Å². The molecule has 0 bridgehead atoms. The van der Waals surface area contributed by atoms with E-state index in [0.29, 0.717) is 11.1 Å². The minimum absolute atomic E-state index is 0.0820. The van der Waals surface area contributed by atoms with Gasteiger partial charge in [0.1, 0.15) is 6.33 Å². The predicted octanol–water partition coefficient (Wildman–Crippen LogP) is 3.07. The van der Waals surface area contributed by atoms with E-state index in [-0.39, 0.29) is 21.5 Å². The van der Waals surface area contributed by atoms with Crippen molar-refractivity contribution in [1.29, 1.82) is 5.26 Å². The summed E-state index contributed by atoms with van der Waals surface area (Å²) in [6.07, 6.45) is 1.13. The maximum Gasteiger partial charge on any atom is 0.268 e. The van der Waals surface area contributed by atoms with Crippen LogP contribution < -0.4 is 10.3 Å². The fourth-order valence-corrected chi connectivity index (χ4v) is 4.14. The third-order valence-corrected chi connectivity index (χ3v) is 6.22. The summed E-state index contributed by atoms with van der Waals surface area (Å²) < 4.78 is 28.6. The van der Waals surface area contributed by atoms with E-state index in [1.165, 1.54) is 54.6 Å². The summed E-state index contributed by atoms with van der Waals surface area (Å²) in [6.45, 7) is 1.85. The Morgan fingerprint density at radius 2 is 1.72 bits per heavy atom. The number of carbonyl (C=O) groups excluding carboxylic acids is 1. The molecule has 0 spiro atoms. The van der Waals surface area contributed by atoms with Gasteiger partial charge in [-0.25, -0.2) is 18.0 Å². The van der Waals surface area contributed by atoms with Crippen LogP contribution in [0.3, 0.4) is 0 Å². The summed E-state index contributed by atoms with van der Waals surface area (Å²) in [5, 5.41) is 8.97. The average Bonchev–Trinajstić information content (AvgIpc) is 2.79. The van der Waals surface area contributed by atoms with Gasteiger partial charge in [-0.3, -0.25) is 14.3 Å². The number of rotatable bonds is 4. The summed E-state index contributed by atoms with van der Waals surface area (Å²) in [4.78, 5) is 30.0. The van der Waals surface area contributed by atoms with Crippen LogP contribution >= 0.6 is 0 Å². The third kappa shape index (κ3) is 3.99. The second-order valence-electron chi connectivity index (χ2n) is 7.06. The van der Waals surface area contributed by atoms with E-state index < -0.39 is 21.5 Å². The number of carbonyl (C=O) groups is 1. The van der Waals surface area contributed by atoms with Crippen molar-refractivity contribution in [1.82, 2.24) is 9.55 Å². The monoisotopic (exact) mass is 444 g/mol. The molecule has 0 saturated carbocycles. The van der Waals surface area contributed by atoms with E-state index >= 15 is 0 Å². The molecule has 158 valence electrons. The molecule has 4 aromatic rings. The van der Waals surface area contributed by atoms with Crippen LogP contribution in [0.1, 0.15) is 21.5 Å². The lowest BCUT2D eigenvalue weighted by atomic mass is 10.1. The van der Waals surface area contributed by atoms with Crippen LogP contribution in [0.25, 0.3) is 10.9 Å². The number of benzene rings is 3. The van der Waals surface area contributed by atoms with Crippen molar-refractivity contribution in [3.05, 3.63) is 100 Å². The van der Waals surface area contributed by atoms with Gasteiger partial charge >= 0.3 is 0 Å². The number of sulfonamides is 1. The van der Waals surface area contributed by atoms with Gasteiger partial charge in [0.05, 0.1) is 27.4 Å². The van der Waals surface area contributed by atoms with Gasteiger partial charge in [-0.15, -0.1) is 0 Å². The summed E-state index contributed by atoms with van der Waals surface area (Å²) in [5.74, 6) is -0.612. The van der Waals surface area contributed by atoms with Crippen molar-refractivity contribution in [3.63, 3.8) is 0 Å². The number of fused-ring (bicyclic) bond motifs is 1. The Balaban J connectivity index is 1.71. The van der Waals surface area contributed by atoms with Crippen molar-refractivity contribution < 1.29 is 13.2 Å². The van der Waals surface area contributed by atoms with Crippen LogP contribution in [-0.2, 0) is 10.0 Å². The van der Waals surface area contributed by atoms with Crippen LogP contribution in [0.2, 0.25) is 0 Å². The Hall–Kier alpha value is -4.29. The number of aryl methyl sites for hydroxylation is 1. The zero-order valence-corrected chi connectivity index (χ0v) is 17.6. The van der Waals surface area contributed by atoms with Crippen molar-refractivity contribution in [2.75, 3.05) is 4.72 Å². The molecule has 9 heteroatoms. The fraction of sp³-hybridized carbons (Fsp3) is 0.0435. The van der Waals surface area contributed by atoms with Gasteiger partial charge in [-0.1, -0.05) is 17.7 Å². The molecule has 0 aliphatic heterocycles. The Morgan fingerprint density at radius 1 is 1.03 bits per heavy atom. The SMILES string of the molecule is Cc1ccc(S(=O)(=O)Nc2ccc3ncn(C(=O)c4ccc(C#N)cc4)c(=O)c3c2)cc1. The normalized spacial score (nSPS) is 11.1. The highest BCUT2D eigenvalue weighted by Gasteiger charge is 2.17. The highest BCUT2D eigenvalue weighted by Crippen LogP contribution is 2.19. The molecule has 0 aliphatic rings. The Labute approximate surface area is 183 Å². The topological polar surface area (TPSA) is 122 Å². The first-order chi connectivity index (χ1) is 15.3. The van der Waals surface area contributed by atoms with E-state index in [2.05, 4.69) is 9.71 Å². The molecule has 0 amide bonds. The van der Waals surface area contributed by atoms with Crippen LogP contribution in [0, 0.1) is 18.3 Å². The average molecular weight is 444 g/mol. The standard InChI is InChI=1S/C23H16N4O4S/c1-15-2-9-19(10-3-15)32(30,31)26-18-8-11-21-20(12-18)23(29)27(14-25-21)22(28)17-6-4-16(13-24)5-7-17/h2-12,14,26H,1H3. The fourth-order valence-electron chi connectivity index (χ4n) is 3.09. The molecule has 4 rings (SSSR count). The minimum Gasteiger partial charge on any atom is -0.280 e. The lowest BCUT2D eigenvalue weighted by molar-refractivity contribution is 0.0955. The van der Waals surface area contributed by atoms with Gasteiger partial charge in [-0.2, -0.15) is 5.26 Å². The van der Waals surface area contributed by atoms with Crippen LogP contribution in [0.15, 0.2) is 82.7 Å². The van der Waals surface area contributed by atoms with Gasteiger partial charge in [0.15, 0.2) is 0 Å².